The van der Waals surface area contributed by atoms with Gasteiger partial charge in [-0.1, -0.05) is 6.08 Å². The zero-order chi connectivity index (χ0) is 18.2. The number of aryl methyl sites for hydroxylation is 1. The summed E-state index contributed by atoms with van der Waals surface area (Å²) in [6, 6.07) is 3.78. The molecule has 0 aromatic carbocycles. The highest BCUT2D eigenvalue weighted by atomic mass is 19.1. The fourth-order valence-electron chi connectivity index (χ4n) is 2.70. The molecule has 0 radical (unpaired) electrons. The smallest absolute Gasteiger partial charge is 0.398 e. The van der Waals surface area contributed by atoms with Crippen LogP contribution in [0.1, 0.15) is 33.3 Å². The van der Waals surface area contributed by atoms with Crippen molar-refractivity contribution < 1.29 is 13.7 Å². The van der Waals surface area contributed by atoms with Crippen molar-refractivity contribution in [1.82, 2.24) is 14.8 Å². The Morgan fingerprint density at radius 1 is 1.20 bits per heavy atom. The molecule has 0 bridgehead atoms. The molecule has 0 saturated carbocycles. The predicted octanol–water partition coefficient (Wildman–Crippen LogP) is 3.51. The van der Waals surface area contributed by atoms with Crippen LogP contribution in [0.4, 0.5) is 4.39 Å². The van der Waals surface area contributed by atoms with Crippen molar-refractivity contribution in [2.24, 2.45) is 7.05 Å². The minimum absolute atomic E-state index is 0.404. The zero-order valence-electron chi connectivity index (χ0n) is 15.3. The van der Waals surface area contributed by atoms with Gasteiger partial charge >= 0.3 is 7.12 Å². The van der Waals surface area contributed by atoms with Gasteiger partial charge in [0, 0.05) is 36.8 Å². The average Bonchev–Trinajstić information content (AvgIpc) is 3.02. The van der Waals surface area contributed by atoms with Crippen LogP contribution in [-0.2, 0) is 22.8 Å². The highest BCUT2D eigenvalue weighted by molar-refractivity contribution is 6.53. The van der Waals surface area contributed by atoms with E-state index in [1.807, 2.05) is 53.1 Å². The molecule has 2 aromatic rings. The van der Waals surface area contributed by atoms with Crippen molar-refractivity contribution in [3.63, 3.8) is 0 Å². The molecule has 0 atom stereocenters. The van der Waals surface area contributed by atoms with Crippen LogP contribution in [0.25, 0.3) is 11.3 Å². The highest BCUT2D eigenvalue weighted by Gasteiger charge is 2.52. The Morgan fingerprint density at radius 2 is 1.80 bits per heavy atom. The van der Waals surface area contributed by atoms with Crippen LogP contribution in [-0.4, -0.2) is 33.1 Å². The normalized spacial score (nSPS) is 19.4. The molecule has 0 N–H and O–H groups in total. The van der Waals surface area contributed by atoms with Crippen LogP contribution in [0.5, 0.6) is 0 Å². The van der Waals surface area contributed by atoms with Crippen molar-refractivity contribution in [2.75, 3.05) is 0 Å². The van der Waals surface area contributed by atoms with E-state index in [0.717, 1.165) is 16.8 Å². The van der Waals surface area contributed by atoms with E-state index in [1.54, 1.807) is 17.1 Å². The number of halogens is 1. The fourth-order valence-corrected chi connectivity index (χ4v) is 2.70. The van der Waals surface area contributed by atoms with Gasteiger partial charge in [0.2, 0.25) is 0 Å². The molecule has 5 nitrogen and oxygen atoms in total. The molecule has 25 heavy (non-hydrogen) atoms. The summed E-state index contributed by atoms with van der Waals surface area (Å²) in [5, 5.41) is 4.48. The Hall–Kier alpha value is -1.99. The van der Waals surface area contributed by atoms with Crippen molar-refractivity contribution in [3.8, 4) is 11.3 Å². The third-order valence-corrected chi connectivity index (χ3v) is 4.85. The molecule has 0 unspecified atom stereocenters. The highest BCUT2D eigenvalue weighted by Crippen LogP contribution is 2.38. The second-order valence-electron chi connectivity index (χ2n) is 7.29. The van der Waals surface area contributed by atoms with E-state index < -0.39 is 24.0 Å². The molecule has 2 aromatic heterocycles. The molecular weight excluding hydrogens is 320 g/mol. The molecule has 0 amide bonds. The maximum atomic E-state index is 14.6. The van der Waals surface area contributed by atoms with Gasteiger partial charge in [-0.05, 0) is 46.2 Å². The first kappa shape index (κ1) is 17.8. The second kappa shape index (κ2) is 6.39. The Labute approximate surface area is 148 Å². The monoisotopic (exact) mass is 343 g/mol. The van der Waals surface area contributed by atoms with Crippen molar-refractivity contribution >= 4 is 7.12 Å². The topological polar surface area (TPSA) is 49.2 Å². The van der Waals surface area contributed by atoms with E-state index in [4.69, 9.17) is 9.31 Å². The molecule has 1 aliphatic heterocycles. The van der Waals surface area contributed by atoms with Gasteiger partial charge in [-0.25, -0.2) is 4.39 Å². The summed E-state index contributed by atoms with van der Waals surface area (Å²) in [5.74, 6) is 0. The van der Waals surface area contributed by atoms with E-state index in [1.165, 1.54) is 6.08 Å². The maximum absolute atomic E-state index is 14.6. The Balaban J connectivity index is 1.79. The lowest BCUT2D eigenvalue weighted by molar-refractivity contribution is 0.00578. The molecular formula is C18H23BFN3O2. The summed E-state index contributed by atoms with van der Waals surface area (Å²) in [6.45, 7) is 7.62. The van der Waals surface area contributed by atoms with Crippen LogP contribution in [0.2, 0.25) is 0 Å². The summed E-state index contributed by atoms with van der Waals surface area (Å²) >= 11 is 0. The van der Waals surface area contributed by atoms with Crippen molar-refractivity contribution in [3.05, 3.63) is 48.1 Å². The van der Waals surface area contributed by atoms with Crippen LogP contribution in [0.3, 0.4) is 0 Å². The van der Waals surface area contributed by atoms with Crippen LogP contribution in [0, 0.1) is 0 Å². The minimum atomic E-state index is -0.967. The van der Waals surface area contributed by atoms with Gasteiger partial charge in [0.15, 0.2) is 0 Å². The maximum Gasteiger partial charge on any atom is 0.524 e. The van der Waals surface area contributed by atoms with Gasteiger partial charge in [-0.15, -0.1) is 0 Å². The van der Waals surface area contributed by atoms with Gasteiger partial charge in [-0.2, -0.15) is 5.10 Å². The first-order chi connectivity index (χ1) is 11.7. The Morgan fingerprint density at radius 3 is 2.40 bits per heavy atom. The van der Waals surface area contributed by atoms with Crippen LogP contribution < -0.4 is 0 Å². The SMILES string of the molecule is Cn1cc(CC=C(F)B2OC(C)(C)C(C)(C)O2)c(-c2ccncc2)n1. The van der Waals surface area contributed by atoms with Crippen LogP contribution >= 0.6 is 0 Å². The third kappa shape index (κ3) is 3.53. The van der Waals surface area contributed by atoms with E-state index >= 15 is 0 Å². The zero-order valence-corrected chi connectivity index (χ0v) is 15.3. The van der Waals surface area contributed by atoms with Gasteiger partial charge in [-0.3, -0.25) is 9.67 Å². The number of rotatable bonds is 4. The lowest BCUT2D eigenvalue weighted by atomic mass is 9.87. The largest absolute Gasteiger partial charge is 0.524 e. The van der Waals surface area contributed by atoms with E-state index in [9.17, 15) is 4.39 Å². The van der Waals surface area contributed by atoms with Gasteiger partial charge in [0.25, 0.3) is 0 Å². The summed E-state index contributed by atoms with van der Waals surface area (Å²) in [7, 11) is 0.883. The molecule has 132 valence electrons. The van der Waals surface area contributed by atoms with Crippen molar-refractivity contribution in [1.29, 1.82) is 0 Å². The van der Waals surface area contributed by atoms with E-state index in [0.29, 0.717) is 6.42 Å². The molecule has 7 heteroatoms. The van der Waals surface area contributed by atoms with Gasteiger partial charge in [0.1, 0.15) is 5.73 Å². The summed E-state index contributed by atoms with van der Waals surface area (Å²) in [5.41, 5.74) is 1.18. The van der Waals surface area contributed by atoms with Crippen LogP contribution in [0.15, 0.2) is 42.5 Å². The lowest BCUT2D eigenvalue weighted by Gasteiger charge is -2.32. The second-order valence-corrected chi connectivity index (χ2v) is 7.29. The first-order valence-electron chi connectivity index (χ1n) is 8.34. The van der Waals surface area contributed by atoms with Gasteiger partial charge < -0.3 is 9.31 Å². The molecule has 3 rings (SSSR count). The predicted molar refractivity (Wildman–Crippen MR) is 95.4 cm³/mol. The number of hydrogen-bond donors (Lipinski definition) is 0. The molecule has 1 fully saturated rings. The third-order valence-electron chi connectivity index (χ3n) is 4.85. The molecule has 0 spiro atoms. The summed E-state index contributed by atoms with van der Waals surface area (Å²) in [4.78, 5) is 4.02. The Kier molecular flexibility index (Phi) is 4.55. The first-order valence-corrected chi connectivity index (χ1v) is 8.34. The van der Waals surface area contributed by atoms with Crippen molar-refractivity contribution in [2.45, 2.75) is 45.3 Å². The number of hydrogen-bond acceptors (Lipinski definition) is 4. The minimum Gasteiger partial charge on any atom is -0.398 e. The number of pyridine rings is 1. The molecule has 1 saturated heterocycles. The van der Waals surface area contributed by atoms with E-state index in [2.05, 4.69) is 10.1 Å². The number of allylic oxidation sites excluding steroid dienone is 1. The standard InChI is InChI=1S/C18H23BFN3O2/c1-17(2)18(3,4)25-19(24-17)15(20)7-6-14-12-23(5)22-16(14)13-8-10-21-11-9-13/h7-12H,6H2,1-5H3. The molecule has 0 aliphatic carbocycles. The number of aromatic nitrogens is 3. The average molecular weight is 343 g/mol. The van der Waals surface area contributed by atoms with Gasteiger partial charge in [0.05, 0.1) is 16.9 Å². The lowest BCUT2D eigenvalue weighted by Crippen LogP contribution is -2.41. The number of nitrogens with zero attached hydrogens (tertiary/aromatic N) is 3. The Bertz CT molecular complexity index is 771. The molecule has 3 heterocycles. The summed E-state index contributed by atoms with van der Waals surface area (Å²) in [6.07, 6.45) is 7.23. The quantitative estimate of drug-likeness (QED) is 0.797. The fraction of sp³-hybridized carbons (Fsp3) is 0.444. The van der Waals surface area contributed by atoms with E-state index in [-0.39, 0.29) is 0 Å². The summed E-state index contributed by atoms with van der Waals surface area (Å²) < 4.78 is 27.8. The molecule has 1 aliphatic rings.